The zero-order chi connectivity index (χ0) is 20.8. The Morgan fingerprint density at radius 2 is 1.67 bits per heavy atom. The Hall–Kier alpha value is -3.16. The van der Waals surface area contributed by atoms with E-state index in [0.29, 0.717) is 9.23 Å². The Bertz CT molecular complexity index is 1320. The van der Waals surface area contributed by atoms with Gasteiger partial charge in [0.2, 0.25) is 0 Å². The summed E-state index contributed by atoms with van der Waals surface area (Å²) in [5.74, 6) is 0.824. The van der Waals surface area contributed by atoms with E-state index in [-0.39, 0.29) is 5.91 Å². The smallest absolute Gasteiger partial charge is 0.265 e. The van der Waals surface area contributed by atoms with Gasteiger partial charge in [0.1, 0.15) is 10.1 Å². The highest BCUT2D eigenvalue weighted by atomic mass is 32.2. The maximum Gasteiger partial charge on any atom is 0.265 e. The number of fused-ring (bicyclic) bond motifs is 1. The van der Waals surface area contributed by atoms with Crippen LogP contribution in [0.2, 0.25) is 0 Å². The minimum atomic E-state index is -0.0761. The first-order valence-corrected chi connectivity index (χ1v) is 10.7. The molecule has 0 bridgehead atoms. The van der Waals surface area contributed by atoms with E-state index in [1.54, 1.807) is 7.05 Å². The van der Waals surface area contributed by atoms with Gasteiger partial charge < -0.3 is 4.57 Å². The van der Waals surface area contributed by atoms with Gasteiger partial charge in [0.15, 0.2) is 5.65 Å². The summed E-state index contributed by atoms with van der Waals surface area (Å²) in [5, 5.41) is 0. The molecule has 1 saturated heterocycles. The van der Waals surface area contributed by atoms with Crippen LogP contribution in [0.1, 0.15) is 5.69 Å². The Balaban J connectivity index is 1.74. The van der Waals surface area contributed by atoms with Crippen molar-refractivity contribution in [1.82, 2.24) is 19.0 Å². The summed E-state index contributed by atoms with van der Waals surface area (Å²) in [6.07, 6.45) is 1.90. The highest BCUT2D eigenvalue weighted by molar-refractivity contribution is 8.26. The van der Waals surface area contributed by atoms with Gasteiger partial charge in [-0.1, -0.05) is 72.5 Å². The monoisotopic (exact) mass is 430 g/mol. The van der Waals surface area contributed by atoms with Crippen molar-refractivity contribution in [3.63, 3.8) is 0 Å². The van der Waals surface area contributed by atoms with Crippen LogP contribution in [0.5, 0.6) is 0 Å². The Kier molecular flexibility index (Phi) is 4.56. The van der Waals surface area contributed by atoms with E-state index in [9.17, 15) is 4.79 Å². The lowest BCUT2D eigenvalue weighted by atomic mass is 10.2. The van der Waals surface area contributed by atoms with Crippen LogP contribution in [0.4, 0.5) is 0 Å². The van der Waals surface area contributed by atoms with E-state index >= 15 is 0 Å². The molecule has 2 aromatic carbocycles. The van der Waals surface area contributed by atoms with Crippen molar-refractivity contribution in [2.24, 2.45) is 7.05 Å². The summed E-state index contributed by atoms with van der Waals surface area (Å²) in [6, 6.07) is 22.3. The minimum absolute atomic E-state index is 0.0761. The number of aryl methyl sites for hydroxylation is 1. The van der Waals surface area contributed by atoms with E-state index in [1.165, 1.54) is 16.7 Å². The first kappa shape index (κ1) is 18.8. The number of likely N-dealkylation sites (N-methyl/N-ethyl adjacent to an activating group) is 1. The maximum absolute atomic E-state index is 12.5. The van der Waals surface area contributed by atoms with Crippen molar-refractivity contribution in [3.05, 3.63) is 77.3 Å². The number of para-hydroxylation sites is 1. The quantitative estimate of drug-likeness (QED) is 0.344. The van der Waals surface area contributed by atoms with Gasteiger partial charge in [0.25, 0.3) is 5.91 Å². The molecule has 1 aliphatic heterocycles. The zero-order valence-corrected chi connectivity index (χ0v) is 18.1. The molecule has 148 valence electrons. The molecular formula is C23H18N4OS2. The lowest BCUT2D eigenvalue weighted by Gasteiger charge is -2.08. The minimum Gasteiger partial charge on any atom is -0.326 e. The van der Waals surface area contributed by atoms with Gasteiger partial charge in [0, 0.05) is 25.3 Å². The van der Waals surface area contributed by atoms with Gasteiger partial charge >= 0.3 is 0 Å². The van der Waals surface area contributed by atoms with E-state index in [1.807, 2.05) is 61.7 Å². The summed E-state index contributed by atoms with van der Waals surface area (Å²) in [6.45, 7) is 0. The lowest BCUT2D eigenvalue weighted by Crippen LogP contribution is -2.22. The molecule has 0 saturated carbocycles. The number of benzene rings is 2. The van der Waals surface area contributed by atoms with Crippen molar-refractivity contribution >= 4 is 51.4 Å². The fraction of sp³-hybridized carbons (Fsp3) is 0.0870. The lowest BCUT2D eigenvalue weighted by molar-refractivity contribution is -0.121. The summed E-state index contributed by atoms with van der Waals surface area (Å²) in [5.41, 5.74) is 4.78. The second kappa shape index (κ2) is 7.27. The molecule has 0 unspecified atom stereocenters. The zero-order valence-electron chi connectivity index (χ0n) is 16.4. The van der Waals surface area contributed by atoms with Crippen molar-refractivity contribution in [2.45, 2.75) is 0 Å². The van der Waals surface area contributed by atoms with E-state index in [4.69, 9.17) is 17.2 Å². The summed E-state index contributed by atoms with van der Waals surface area (Å²) >= 11 is 6.61. The average Bonchev–Trinajstić information content (AvgIpc) is 3.36. The van der Waals surface area contributed by atoms with Gasteiger partial charge in [-0.2, -0.15) is 0 Å². The molecule has 5 nitrogen and oxygen atoms in total. The van der Waals surface area contributed by atoms with Crippen LogP contribution >= 0.6 is 24.0 Å². The van der Waals surface area contributed by atoms with E-state index in [2.05, 4.69) is 27.3 Å². The number of thiocarbonyl (C=S) groups is 1. The molecule has 2 aromatic heterocycles. The third kappa shape index (κ3) is 2.98. The van der Waals surface area contributed by atoms with Crippen molar-refractivity contribution < 1.29 is 4.79 Å². The summed E-state index contributed by atoms with van der Waals surface area (Å²) in [7, 11) is 3.72. The van der Waals surface area contributed by atoms with Crippen LogP contribution in [0.25, 0.3) is 34.3 Å². The summed E-state index contributed by atoms with van der Waals surface area (Å²) < 4.78 is 4.74. The normalized spacial score (nSPS) is 15.7. The molecular weight excluding hydrogens is 412 g/mol. The molecule has 5 rings (SSSR count). The number of aromatic nitrogens is 3. The van der Waals surface area contributed by atoms with Gasteiger partial charge in [-0.05, 0) is 24.3 Å². The number of nitrogens with zero attached hydrogens (tertiary/aromatic N) is 4. The molecule has 1 aliphatic rings. The third-order valence-electron chi connectivity index (χ3n) is 5.19. The number of carbonyl (C=O) groups is 1. The van der Waals surface area contributed by atoms with Crippen molar-refractivity contribution in [3.8, 4) is 17.1 Å². The topological polar surface area (TPSA) is 43.1 Å². The Morgan fingerprint density at radius 3 is 2.30 bits per heavy atom. The van der Waals surface area contributed by atoms with Gasteiger partial charge in [-0.15, -0.1) is 0 Å². The second-order valence-corrected chi connectivity index (χ2v) is 8.73. The predicted octanol–water partition coefficient (Wildman–Crippen LogP) is 4.86. The molecule has 0 spiro atoms. The highest BCUT2D eigenvalue weighted by Crippen LogP contribution is 2.34. The second-order valence-electron chi connectivity index (χ2n) is 7.05. The Morgan fingerprint density at radius 1 is 1.00 bits per heavy atom. The molecule has 30 heavy (non-hydrogen) atoms. The van der Waals surface area contributed by atoms with Crippen LogP contribution in [-0.4, -0.2) is 36.3 Å². The molecule has 1 amide bonds. The number of rotatable bonds is 3. The molecule has 0 atom stereocenters. The number of carbonyl (C=O) groups excluding carboxylic acids is 1. The molecule has 1 fully saturated rings. The number of hydrogen-bond acceptors (Lipinski definition) is 4. The Labute approximate surface area is 183 Å². The molecule has 4 aromatic rings. The first-order valence-electron chi connectivity index (χ1n) is 9.45. The van der Waals surface area contributed by atoms with Crippen molar-refractivity contribution in [2.75, 3.05) is 7.05 Å². The average molecular weight is 431 g/mol. The van der Waals surface area contributed by atoms with Crippen LogP contribution in [0, 0.1) is 0 Å². The molecule has 7 heteroatoms. The molecule has 0 aliphatic carbocycles. The fourth-order valence-electron chi connectivity index (χ4n) is 3.63. The van der Waals surface area contributed by atoms with Crippen LogP contribution in [0.15, 0.2) is 71.6 Å². The van der Waals surface area contributed by atoms with Gasteiger partial charge in [-0.3, -0.25) is 14.3 Å². The van der Waals surface area contributed by atoms with Crippen LogP contribution in [-0.2, 0) is 11.8 Å². The van der Waals surface area contributed by atoms with E-state index in [0.717, 1.165) is 33.9 Å². The molecule has 0 radical (unpaired) electrons. The summed E-state index contributed by atoms with van der Waals surface area (Å²) in [4.78, 5) is 19.6. The number of amides is 1. The first-order chi connectivity index (χ1) is 14.5. The standard InChI is InChI=1S/C23H18N4OS2/c1-25-18-13-17(14-19-22(28)26(2)23(29)30-19)27(16-11-7-4-8-12-16)21(18)24-20(25)15-9-5-3-6-10-15/h3-14H,1-2H3/b19-14+. The van der Waals surface area contributed by atoms with Crippen LogP contribution < -0.4 is 0 Å². The van der Waals surface area contributed by atoms with Crippen molar-refractivity contribution in [1.29, 1.82) is 0 Å². The third-order valence-corrected chi connectivity index (χ3v) is 6.67. The molecule has 0 N–H and O–H groups in total. The number of hydrogen-bond donors (Lipinski definition) is 0. The number of imidazole rings is 1. The SMILES string of the molecule is CN1C(=O)/C(=C\c2cc3c(nc(-c4ccccc4)n3C)n2-c2ccccc2)SC1=S. The largest absolute Gasteiger partial charge is 0.326 e. The van der Waals surface area contributed by atoms with Gasteiger partial charge in [-0.25, -0.2) is 4.98 Å². The van der Waals surface area contributed by atoms with E-state index < -0.39 is 0 Å². The number of thioether (sulfide) groups is 1. The predicted molar refractivity (Wildman–Crippen MR) is 126 cm³/mol. The highest BCUT2D eigenvalue weighted by Gasteiger charge is 2.29. The molecule has 3 heterocycles. The maximum atomic E-state index is 12.5. The van der Waals surface area contributed by atoms with Gasteiger partial charge in [0.05, 0.1) is 16.1 Å². The fourth-order valence-corrected chi connectivity index (χ4v) is 4.79. The van der Waals surface area contributed by atoms with Crippen LogP contribution in [0.3, 0.4) is 0 Å².